The van der Waals surface area contributed by atoms with Gasteiger partial charge in [-0.2, -0.15) is 0 Å². The second-order valence-corrected chi connectivity index (χ2v) is 9.95. The first-order valence-electron chi connectivity index (χ1n) is 13.3. The van der Waals surface area contributed by atoms with E-state index in [9.17, 15) is 9.59 Å². The molecule has 2 aromatic heterocycles. The number of hydrogen-bond acceptors (Lipinski definition) is 7. The van der Waals surface area contributed by atoms with E-state index in [0.29, 0.717) is 45.5 Å². The number of ether oxygens (including phenoxy) is 1. The standard InChI is InChI=1S/C32H30ClN5O3/c1-4-27(39)29-30(34-18-21-13-15-24(41-3)16-14-21)35-19-36-31(29)37-20(2)26-17-22-9-8-12-25(33)28(22)32(40)38(26)23-10-6-5-7-11-23/h5-17,19-20H,4,18H2,1-3H3,(H2,34,35,36,37). The maximum atomic E-state index is 13.8. The third kappa shape index (κ3) is 5.78. The minimum Gasteiger partial charge on any atom is -0.497 e. The third-order valence-electron chi connectivity index (χ3n) is 6.90. The first kappa shape index (κ1) is 27.9. The summed E-state index contributed by atoms with van der Waals surface area (Å²) in [5.74, 6) is 1.48. The lowest BCUT2D eigenvalue weighted by Gasteiger charge is -2.23. The molecular formula is C32H30ClN5O3. The highest BCUT2D eigenvalue weighted by atomic mass is 35.5. The van der Waals surface area contributed by atoms with E-state index in [2.05, 4.69) is 20.6 Å². The molecule has 8 nitrogen and oxygen atoms in total. The van der Waals surface area contributed by atoms with E-state index in [1.807, 2.05) is 79.7 Å². The van der Waals surface area contributed by atoms with Crippen LogP contribution in [0.4, 0.5) is 11.6 Å². The van der Waals surface area contributed by atoms with E-state index in [1.165, 1.54) is 6.33 Å². The minimum absolute atomic E-state index is 0.108. The Morgan fingerprint density at radius 2 is 1.73 bits per heavy atom. The van der Waals surface area contributed by atoms with Crippen LogP contribution in [0.5, 0.6) is 5.75 Å². The van der Waals surface area contributed by atoms with Gasteiger partial charge in [0.15, 0.2) is 5.78 Å². The number of Topliss-reactive ketones (excluding diaryl/α,β-unsaturated/α-hetero) is 1. The lowest BCUT2D eigenvalue weighted by molar-refractivity contribution is 0.0989. The molecule has 2 N–H and O–H groups in total. The van der Waals surface area contributed by atoms with Crippen LogP contribution in [0.15, 0.2) is 90.0 Å². The predicted octanol–water partition coefficient (Wildman–Crippen LogP) is 6.82. The Kier molecular flexibility index (Phi) is 8.31. The average Bonchev–Trinajstić information content (AvgIpc) is 3.00. The van der Waals surface area contributed by atoms with E-state index < -0.39 is 6.04 Å². The third-order valence-corrected chi connectivity index (χ3v) is 7.22. The highest BCUT2D eigenvalue weighted by Crippen LogP contribution is 2.29. The van der Waals surface area contributed by atoms with Crippen molar-refractivity contribution >= 4 is 39.8 Å². The lowest BCUT2D eigenvalue weighted by atomic mass is 10.1. The number of pyridine rings is 1. The molecule has 1 unspecified atom stereocenters. The summed E-state index contributed by atoms with van der Waals surface area (Å²) in [5.41, 5.74) is 2.55. The van der Waals surface area contributed by atoms with E-state index in [4.69, 9.17) is 16.3 Å². The molecular weight excluding hydrogens is 538 g/mol. The largest absolute Gasteiger partial charge is 0.497 e. The van der Waals surface area contributed by atoms with Crippen molar-refractivity contribution in [2.24, 2.45) is 0 Å². The van der Waals surface area contributed by atoms with Crippen LogP contribution in [0, 0.1) is 0 Å². The van der Waals surface area contributed by atoms with Gasteiger partial charge in [0.1, 0.15) is 29.3 Å². The summed E-state index contributed by atoms with van der Waals surface area (Å²) in [6.45, 7) is 4.19. The number of benzene rings is 3. The Hall–Kier alpha value is -4.69. The zero-order valence-electron chi connectivity index (χ0n) is 23.0. The first-order chi connectivity index (χ1) is 19.9. The van der Waals surface area contributed by atoms with Crippen molar-refractivity contribution in [1.29, 1.82) is 0 Å². The topological polar surface area (TPSA) is 98.1 Å². The number of rotatable bonds is 10. The first-order valence-corrected chi connectivity index (χ1v) is 13.7. The van der Waals surface area contributed by atoms with Gasteiger partial charge < -0.3 is 15.4 Å². The summed E-state index contributed by atoms with van der Waals surface area (Å²) in [6.07, 6.45) is 1.69. The van der Waals surface area contributed by atoms with Crippen LogP contribution < -0.4 is 20.9 Å². The Bertz CT molecular complexity index is 1750. The number of nitrogens with one attached hydrogen (secondary N) is 2. The fourth-order valence-corrected chi connectivity index (χ4v) is 5.04. The molecule has 0 aliphatic carbocycles. The number of halogens is 1. The second kappa shape index (κ2) is 12.2. The van der Waals surface area contributed by atoms with Crippen LogP contribution in [0.25, 0.3) is 16.5 Å². The molecule has 3 aromatic carbocycles. The Morgan fingerprint density at radius 1 is 1.00 bits per heavy atom. The number of anilines is 2. The molecule has 2 heterocycles. The van der Waals surface area contributed by atoms with E-state index in [-0.39, 0.29) is 17.8 Å². The maximum Gasteiger partial charge on any atom is 0.264 e. The van der Waals surface area contributed by atoms with Crippen molar-refractivity contribution in [2.75, 3.05) is 17.7 Å². The van der Waals surface area contributed by atoms with Gasteiger partial charge >= 0.3 is 0 Å². The van der Waals surface area contributed by atoms with Gasteiger partial charge in [-0.3, -0.25) is 14.2 Å². The monoisotopic (exact) mass is 567 g/mol. The molecule has 5 aromatic rings. The SMILES string of the molecule is CCC(=O)c1c(NCc2ccc(OC)cc2)ncnc1NC(C)c1cc2cccc(Cl)c2c(=O)n1-c1ccccc1. The number of para-hydroxylation sites is 1. The quantitative estimate of drug-likeness (QED) is 0.179. The number of methoxy groups -OCH3 is 1. The van der Waals surface area contributed by atoms with Crippen LogP contribution >= 0.6 is 11.6 Å². The Balaban J connectivity index is 1.54. The van der Waals surface area contributed by atoms with Crippen LogP contribution in [0.3, 0.4) is 0 Å². The van der Waals surface area contributed by atoms with Crippen molar-refractivity contribution in [2.45, 2.75) is 32.9 Å². The van der Waals surface area contributed by atoms with Gasteiger partial charge in [-0.15, -0.1) is 0 Å². The molecule has 0 aliphatic rings. The van der Waals surface area contributed by atoms with Crippen molar-refractivity contribution < 1.29 is 9.53 Å². The molecule has 0 bridgehead atoms. The van der Waals surface area contributed by atoms with Gasteiger partial charge in [0.25, 0.3) is 5.56 Å². The number of fused-ring (bicyclic) bond motifs is 1. The van der Waals surface area contributed by atoms with Crippen molar-refractivity contribution in [3.05, 3.63) is 117 Å². The van der Waals surface area contributed by atoms with Crippen LogP contribution in [-0.4, -0.2) is 27.4 Å². The number of ketones is 1. The predicted molar refractivity (Wildman–Crippen MR) is 164 cm³/mol. The zero-order valence-corrected chi connectivity index (χ0v) is 23.8. The number of hydrogen-bond donors (Lipinski definition) is 2. The number of nitrogens with zero attached hydrogens (tertiary/aromatic N) is 3. The molecule has 41 heavy (non-hydrogen) atoms. The summed E-state index contributed by atoms with van der Waals surface area (Å²) in [7, 11) is 1.62. The van der Waals surface area contributed by atoms with Gasteiger partial charge in [-0.05, 0) is 54.3 Å². The van der Waals surface area contributed by atoms with Crippen LogP contribution in [0.2, 0.25) is 5.02 Å². The van der Waals surface area contributed by atoms with Crippen molar-refractivity contribution in [3.63, 3.8) is 0 Å². The molecule has 0 saturated carbocycles. The summed E-state index contributed by atoms with van der Waals surface area (Å²) in [6, 6.07) is 24.0. The van der Waals surface area contributed by atoms with E-state index in [1.54, 1.807) is 24.7 Å². The molecule has 0 spiro atoms. The highest BCUT2D eigenvalue weighted by molar-refractivity contribution is 6.35. The number of carbonyl (C=O) groups excluding carboxylic acids is 1. The fourth-order valence-electron chi connectivity index (χ4n) is 4.78. The fraction of sp³-hybridized carbons (Fsp3) is 0.188. The number of carbonyl (C=O) groups is 1. The molecule has 0 amide bonds. The highest BCUT2D eigenvalue weighted by Gasteiger charge is 2.22. The maximum absolute atomic E-state index is 13.8. The molecule has 1 atom stereocenters. The minimum atomic E-state index is -0.418. The molecule has 0 saturated heterocycles. The van der Waals surface area contributed by atoms with Gasteiger partial charge in [0, 0.05) is 24.3 Å². The van der Waals surface area contributed by atoms with Gasteiger partial charge in [-0.1, -0.05) is 61.0 Å². The van der Waals surface area contributed by atoms with Gasteiger partial charge in [-0.25, -0.2) is 9.97 Å². The molecule has 0 radical (unpaired) electrons. The number of aromatic nitrogens is 3. The Labute approximate surface area is 243 Å². The van der Waals surface area contributed by atoms with E-state index in [0.717, 1.165) is 16.7 Å². The van der Waals surface area contributed by atoms with Gasteiger partial charge in [0.2, 0.25) is 0 Å². The normalized spacial score (nSPS) is 11.7. The van der Waals surface area contributed by atoms with Crippen LogP contribution in [-0.2, 0) is 6.54 Å². The molecule has 9 heteroatoms. The Morgan fingerprint density at radius 3 is 2.44 bits per heavy atom. The second-order valence-electron chi connectivity index (χ2n) is 9.54. The molecule has 5 rings (SSSR count). The zero-order chi connectivity index (χ0) is 28.9. The van der Waals surface area contributed by atoms with Crippen molar-refractivity contribution in [1.82, 2.24) is 14.5 Å². The average molecular weight is 568 g/mol. The molecule has 208 valence electrons. The van der Waals surface area contributed by atoms with Crippen molar-refractivity contribution in [3.8, 4) is 11.4 Å². The smallest absolute Gasteiger partial charge is 0.264 e. The molecule has 0 fully saturated rings. The molecule has 0 aliphatic heterocycles. The van der Waals surface area contributed by atoms with Crippen LogP contribution in [0.1, 0.15) is 47.9 Å². The summed E-state index contributed by atoms with van der Waals surface area (Å²) < 4.78 is 6.89. The lowest BCUT2D eigenvalue weighted by Crippen LogP contribution is -2.26. The summed E-state index contributed by atoms with van der Waals surface area (Å²) >= 11 is 6.46. The summed E-state index contributed by atoms with van der Waals surface area (Å²) in [4.78, 5) is 35.8. The summed E-state index contributed by atoms with van der Waals surface area (Å²) in [5, 5.41) is 8.25. The van der Waals surface area contributed by atoms with Gasteiger partial charge in [0.05, 0.1) is 23.6 Å². The van der Waals surface area contributed by atoms with E-state index >= 15 is 0 Å².